The second-order valence-corrected chi connectivity index (χ2v) is 4.86. The summed E-state index contributed by atoms with van der Waals surface area (Å²) in [5.41, 5.74) is 0.400. The number of methoxy groups -OCH3 is 1. The third-order valence-corrected chi connectivity index (χ3v) is 3.14. The van der Waals surface area contributed by atoms with Gasteiger partial charge >= 0.3 is 0 Å². The van der Waals surface area contributed by atoms with Crippen LogP contribution in [0, 0.1) is 5.82 Å². The predicted molar refractivity (Wildman–Crippen MR) is 82.6 cm³/mol. The summed E-state index contributed by atoms with van der Waals surface area (Å²) in [6.07, 6.45) is 4.10. The molecule has 0 saturated carbocycles. The van der Waals surface area contributed by atoms with Gasteiger partial charge in [-0.1, -0.05) is 0 Å². The van der Waals surface area contributed by atoms with E-state index in [4.69, 9.17) is 4.74 Å². The van der Waals surface area contributed by atoms with Crippen LogP contribution >= 0.6 is 0 Å². The number of nitrogens with zero attached hydrogens (tertiary/aromatic N) is 2. The lowest BCUT2D eigenvalue weighted by molar-refractivity contribution is -0.121. The zero-order valence-electron chi connectivity index (χ0n) is 12.8. The molecule has 1 aliphatic heterocycles. The number of rotatable bonds is 4. The number of benzene rings is 1. The second kappa shape index (κ2) is 6.43. The molecule has 0 aliphatic carbocycles. The van der Waals surface area contributed by atoms with Crippen molar-refractivity contribution in [1.82, 2.24) is 4.90 Å². The van der Waals surface area contributed by atoms with Crippen molar-refractivity contribution in [3.63, 3.8) is 0 Å². The van der Waals surface area contributed by atoms with E-state index in [1.54, 1.807) is 0 Å². The summed E-state index contributed by atoms with van der Waals surface area (Å²) >= 11 is 0. The smallest absolute Gasteiger partial charge is 0.277 e. The van der Waals surface area contributed by atoms with E-state index >= 15 is 0 Å². The Morgan fingerprint density at radius 1 is 1.43 bits per heavy atom. The van der Waals surface area contributed by atoms with Crippen molar-refractivity contribution in [2.24, 2.45) is 4.99 Å². The topological polar surface area (TPSA) is 79.2 Å². The maximum atomic E-state index is 13.6. The molecule has 0 spiro atoms. The van der Waals surface area contributed by atoms with Gasteiger partial charge in [0.25, 0.3) is 5.91 Å². The van der Waals surface area contributed by atoms with Gasteiger partial charge in [-0.05, 0) is 42.8 Å². The summed E-state index contributed by atoms with van der Waals surface area (Å²) in [4.78, 5) is 28.5. The van der Waals surface area contributed by atoms with Crippen LogP contribution in [0.4, 0.5) is 4.39 Å². The van der Waals surface area contributed by atoms with Gasteiger partial charge in [-0.3, -0.25) is 14.5 Å². The fourth-order valence-corrected chi connectivity index (χ4v) is 1.95. The van der Waals surface area contributed by atoms with Gasteiger partial charge in [0.1, 0.15) is 11.5 Å². The Labute approximate surface area is 132 Å². The number of carbonyl (C=O) groups excluding carboxylic acids is 2. The number of amides is 1. The number of likely N-dealkylation sites (N-methyl/N-ethyl adjacent to an activating group) is 1. The number of carbonyl (C=O) groups is 2. The molecule has 23 heavy (non-hydrogen) atoms. The number of aromatic hydroxyl groups is 1. The van der Waals surface area contributed by atoms with Crippen molar-refractivity contribution in [3.05, 3.63) is 41.4 Å². The molecule has 1 heterocycles. The van der Waals surface area contributed by atoms with Crippen LogP contribution in [0.3, 0.4) is 0 Å². The standard InChI is InChI=1S/C16H15FN2O4/c1-9(20)4-5-14-18-12(16(22)19(14)2)7-10-6-11(17)15(21)13(8-10)23-3/h4-8,21H,1-3H3/b5-4+,12-7-. The minimum Gasteiger partial charge on any atom is -0.502 e. The Morgan fingerprint density at radius 2 is 2.13 bits per heavy atom. The molecule has 7 heteroatoms. The van der Waals surface area contributed by atoms with Crippen LogP contribution < -0.4 is 4.74 Å². The highest BCUT2D eigenvalue weighted by atomic mass is 19.1. The molecule has 2 rings (SSSR count). The van der Waals surface area contributed by atoms with E-state index in [1.807, 2.05) is 0 Å². The zero-order chi connectivity index (χ0) is 17.1. The summed E-state index contributed by atoms with van der Waals surface area (Å²) in [6, 6.07) is 2.45. The predicted octanol–water partition coefficient (Wildman–Crippen LogP) is 1.90. The van der Waals surface area contributed by atoms with Gasteiger partial charge in [0.05, 0.1) is 7.11 Å². The number of ether oxygens (including phenoxy) is 1. The summed E-state index contributed by atoms with van der Waals surface area (Å²) in [5, 5.41) is 9.48. The monoisotopic (exact) mass is 318 g/mol. The molecule has 1 amide bonds. The molecule has 6 nitrogen and oxygen atoms in total. The van der Waals surface area contributed by atoms with Gasteiger partial charge in [0.2, 0.25) is 0 Å². The molecule has 1 aromatic carbocycles. The minimum atomic E-state index is -0.865. The van der Waals surface area contributed by atoms with Gasteiger partial charge < -0.3 is 9.84 Å². The number of phenols is 1. The molecule has 0 saturated heterocycles. The lowest BCUT2D eigenvalue weighted by atomic mass is 10.1. The quantitative estimate of drug-likeness (QED) is 0.860. The number of halogens is 1. The molecule has 0 fully saturated rings. The Hall–Kier alpha value is -2.96. The van der Waals surface area contributed by atoms with Gasteiger partial charge in [-0.25, -0.2) is 9.38 Å². The highest BCUT2D eigenvalue weighted by molar-refractivity contribution is 6.18. The Bertz CT molecular complexity index is 766. The van der Waals surface area contributed by atoms with Crippen LogP contribution in [0.5, 0.6) is 11.5 Å². The van der Waals surface area contributed by atoms with Crippen molar-refractivity contribution in [2.45, 2.75) is 6.92 Å². The van der Waals surface area contributed by atoms with Gasteiger partial charge in [-0.2, -0.15) is 0 Å². The maximum Gasteiger partial charge on any atom is 0.277 e. The summed E-state index contributed by atoms with van der Waals surface area (Å²) in [7, 11) is 2.81. The molecule has 0 atom stereocenters. The molecule has 0 unspecified atom stereocenters. The van der Waals surface area contributed by atoms with Crippen molar-refractivity contribution in [1.29, 1.82) is 0 Å². The first-order valence-electron chi connectivity index (χ1n) is 6.67. The van der Waals surface area contributed by atoms with Gasteiger partial charge in [0, 0.05) is 7.05 Å². The lowest BCUT2D eigenvalue weighted by Crippen LogP contribution is -2.26. The first-order valence-corrected chi connectivity index (χ1v) is 6.67. The van der Waals surface area contributed by atoms with Crippen LogP contribution in [0.25, 0.3) is 6.08 Å². The number of hydrogen-bond donors (Lipinski definition) is 1. The first kappa shape index (κ1) is 16.4. The van der Waals surface area contributed by atoms with Crippen LogP contribution in [-0.4, -0.2) is 41.7 Å². The third kappa shape index (κ3) is 3.45. The van der Waals surface area contributed by atoms with E-state index in [1.165, 1.54) is 50.3 Å². The molecule has 1 aromatic rings. The molecule has 1 N–H and O–H groups in total. The Kier molecular flexibility index (Phi) is 4.59. The summed E-state index contributed by atoms with van der Waals surface area (Å²) in [6.45, 7) is 1.39. The number of ketones is 1. The fourth-order valence-electron chi connectivity index (χ4n) is 1.95. The van der Waals surface area contributed by atoms with Crippen LogP contribution in [0.1, 0.15) is 12.5 Å². The Morgan fingerprint density at radius 3 is 2.74 bits per heavy atom. The maximum absolute atomic E-state index is 13.6. The molecule has 1 aliphatic rings. The molecular weight excluding hydrogens is 303 g/mol. The van der Waals surface area contributed by atoms with E-state index in [0.717, 1.165) is 6.07 Å². The average molecular weight is 318 g/mol. The highest BCUT2D eigenvalue weighted by Gasteiger charge is 2.25. The number of hydrogen-bond acceptors (Lipinski definition) is 5. The van der Waals surface area contributed by atoms with Crippen LogP contribution in [0.15, 0.2) is 35.0 Å². The van der Waals surface area contributed by atoms with Crippen molar-refractivity contribution < 1.29 is 23.8 Å². The van der Waals surface area contributed by atoms with Crippen molar-refractivity contribution in [3.8, 4) is 11.5 Å². The second-order valence-electron chi connectivity index (χ2n) is 4.86. The Balaban J connectivity index is 2.41. The number of allylic oxidation sites excluding steroid dienone is 1. The SMILES string of the molecule is COc1cc(/C=C2N=C(/C=C/C(C)=O)N(C)C\2=O)cc(F)c1O. The average Bonchev–Trinajstić information content (AvgIpc) is 2.76. The fraction of sp³-hybridized carbons (Fsp3) is 0.188. The molecular formula is C16H15FN2O4. The summed E-state index contributed by atoms with van der Waals surface area (Å²) < 4.78 is 18.5. The van der Waals surface area contributed by atoms with E-state index < -0.39 is 11.6 Å². The molecule has 120 valence electrons. The minimum absolute atomic E-state index is 0.0451. The molecule has 0 radical (unpaired) electrons. The van der Waals surface area contributed by atoms with Crippen molar-refractivity contribution >= 4 is 23.6 Å². The zero-order valence-corrected chi connectivity index (χ0v) is 12.8. The van der Waals surface area contributed by atoms with E-state index in [9.17, 15) is 19.1 Å². The van der Waals surface area contributed by atoms with E-state index in [-0.39, 0.29) is 23.1 Å². The van der Waals surface area contributed by atoms with Crippen molar-refractivity contribution in [2.75, 3.05) is 14.2 Å². The van der Waals surface area contributed by atoms with E-state index in [2.05, 4.69) is 4.99 Å². The van der Waals surface area contributed by atoms with Gasteiger partial charge in [-0.15, -0.1) is 0 Å². The van der Waals surface area contributed by atoms with E-state index in [0.29, 0.717) is 11.4 Å². The first-order chi connectivity index (χ1) is 10.8. The number of phenolic OH excluding ortho intramolecular Hbond substituents is 1. The molecule has 0 bridgehead atoms. The van der Waals surface area contributed by atoms with Crippen LogP contribution in [0.2, 0.25) is 0 Å². The highest BCUT2D eigenvalue weighted by Crippen LogP contribution is 2.31. The van der Waals surface area contributed by atoms with Crippen LogP contribution in [-0.2, 0) is 9.59 Å². The number of aliphatic imine (C=N–C) groups is 1. The third-order valence-electron chi connectivity index (χ3n) is 3.14. The summed E-state index contributed by atoms with van der Waals surface area (Å²) in [5.74, 6) is -1.76. The largest absolute Gasteiger partial charge is 0.502 e. The molecule has 0 aromatic heterocycles. The normalized spacial score (nSPS) is 16.3. The number of amidine groups is 1. The van der Waals surface area contributed by atoms with Gasteiger partial charge in [0.15, 0.2) is 23.1 Å². The lowest BCUT2D eigenvalue weighted by Gasteiger charge is -2.07.